The summed E-state index contributed by atoms with van der Waals surface area (Å²) in [6.07, 6.45) is -8.45. The number of rotatable bonds is 27. The van der Waals surface area contributed by atoms with E-state index in [1.165, 1.54) is 51.4 Å². The largest absolute Gasteiger partial charge is 0.394 e. The Hall–Kier alpha value is -1.47. The maximum absolute atomic E-state index is 12.5. The van der Waals surface area contributed by atoms with E-state index in [4.69, 9.17) is 28.4 Å². The Morgan fingerprint density at radius 2 is 1.05 bits per heavy atom. The van der Waals surface area contributed by atoms with Gasteiger partial charge in [0.05, 0.1) is 38.6 Å². The summed E-state index contributed by atoms with van der Waals surface area (Å²) < 4.78 is 33.7. The Morgan fingerprint density at radius 3 is 1.56 bits per heavy atom. The molecule has 0 aromatic rings. The van der Waals surface area contributed by atoms with Crippen molar-refractivity contribution in [2.24, 2.45) is 0 Å². The number of carbonyl (C=O) groups excluding carboxylic acids is 1. The molecule has 0 saturated carbocycles. The first kappa shape index (κ1) is 51.9. The minimum Gasteiger partial charge on any atom is -0.394 e. The van der Waals surface area contributed by atoms with Crippen LogP contribution in [0.25, 0.3) is 0 Å². The zero-order chi connectivity index (χ0) is 43.5. The van der Waals surface area contributed by atoms with Crippen LogP contribution in [0, 0.1) is 0 Å². The number of ether oxygens (including phenoxy) is 6. The van der Waals surface area contributed by atoms with Crippen molar-refractivity contribution in [2.45, 2.75) is 208 Å². The minimum atomic E-state index is -1.97. The summed E-state index contributed by atoms with van der Waals surface area (Å²) in [5.41, 5.74) is 0. The highest BCUT2D eigenvalue weighted by Crippen LogP contribution is 2.33. The quantitative estimate of drug-likeness (QED) is 0.0326. The topological polar surface area (TPSA) is 307 Å². The smallest absolute Gasteiger partial charge is 0.220 e. The lowest BCUT2D eigenvalue weighted by Crippen LogP contribution is -2.66. The van der Waals surface area contributed by atoms with Gasteiger partial charge in [0.15, 0.2) is 18.9 Å². The number of allylic oxidation sites excluding steroid dienone is 1. The number of unbranched alkanes of at least 4 members (excludes halogenated alkanes) is 11. The molecule has 0 radical (unpaired) electrons. The van der Waals surface area contributed by atoms with Crippen molar-refractivity contribution in [3.05, 3.63) is 12.2 Å². The van der Waals surface area contributed by atoms with Gasteiger partial charge in [-0.05, 0) is 19.3 Å². The fourth-order valence-electron chi connectivity index (χ4n) is 7.41. The third kappa shape index (κ3) is 15.7. The van der Waals surface area contributed by atoms with Gasteiger partial charge < -0.3 is 89.9 Å². The normalized spacial score (nSPS) is 36.5. The number of nitrogens with one attached hydrogen (secondary N) is 1. The molecule has 0 aromatic carbocycles. The Morgan fingerprint density at radius 1 is 0.593 bits per heavy atom. The molecular weight excluding hydrogens is 782 g/mol. The lowest BCUT2D eigenvalue weighted by atomic mass is 9.96. The summed E-state index contributed by atoms with van der Waals surface area (Å²) in [4.78, 5) is 12.5. The second-order valence-corrected chi connectivity index (χ2v) is 15.8. The molecule has 0 spiro atoms. The third-order valence-electron chi connectivity index (χ3n) is 11.1. The second kappa shape index (κ2) is 27.6. The summed E-state index contributed by atoms with van der Waals surface area (Å²) in [5, 5.41) is 118. The minimum absolute atomic E-state index is 0.195. The van der Waals surface area contributed by atoms with Gasteiger partial charge in [-0.3, -0.25) is 4.79 Å². The predicted octanol–water partition coefficient (Wildman–Crippen LogP) is -1.65. The van der Waals surface area contributed by atoms with E-state index >= 15 is 0 Å². The van der Waals surface area contributed by atoms with E-state index in [1.54, 1.807) is 6.08 Å². The molecule has 3 rings (SSSR count). The van der Waals surface area contributed by atoms with Gasteiger partial charge in [-0.1, -0.05) is 90.2 Å². The van der Waals surface area contributed by atoms with E-state index in [-0.39, 0.29) is 18.9 Å². The molecule has 1 amide bonds. The molecule has 3 fully saturated rings. The van der Waals surface area contributed by atoms with Crippen LogP contribution in [0.5, 0.6) is 0 Å². The summed E-state index contributed by atoms with van der Waals surface area (Å²) >= 11 is 0. The Labute approximate surface area is 346 Å². The van der Waals surface area contributed by atoms with Crippen LogP contribution in [0.1, 0.15) is 104 Å². The molecule has 3 saturated heterocycles. The van der Waals surface area contributed by atoms with Crippen molar-refractivity contribution < 1.29 is 89.4 Å². The molecule has 19 nitrogen and oxygen atoms in total. The molecule has 12 N–H and O–H groups in total. The first-order valence-electron chi connectivity index (χ1n) is 21.4. The number of aliphatic hydroxyl groups is 11. The average molecular weight is 856 g/mol. The molecule has 3 aliphatic heterocycles. The predicted molar refractivity (Wildman–Crippen MR) is 208 cm³/mol. The third-order valence-corrected chi connectivity index (χ3v) is 11.1. The number of hydrogen-bond donors (Lipinski definition) is 12. The standard InChI is InChI=1S/C40H73NO18/c1-3-5-6-7-8-9-10-11-12-13-14-15-16-18-24(45)23(41-28(46)17-4-2)22-54-38-34(52)31(49)36(26(20-43)56-38)59-40-35(53)32(50)37(27(21-44)57-40)58-39-33(51)30(48)29(47)25(19-42)55-39/h16,18,23-27,29-40,42-45,47-53H,3-15,17,19-22H2,1-2H3,(H,41,46)/b18-16+. The van der Waals surface area contributed by atoms with E-state index in [1.807, 2.05) is 13.0 Å². The first-order chi connectivity index (χ1) is 28.3. The Balaban J connectivity index is 1.55. The van der Waals surface area contributed by atoms with Crippen LogP contribution >= 0.6 is 0 Å². The van der Waals surface area contributed by atoms with Crippen LogP contribution in [0.3, 0.4) is 0 Å². The monoisotopic (exact) mass is 855 g/mol. The van der Waals surface area contributed by atoms with Crippen LogP contribution in [0.15, 0.2) is 12.2 Å². The Bertz CT molecular complexity index is 1170. The van der Waals surface area contributed by atoms with Gasteiger partial charge >= 0.3 is 0 Å². The van der Waals surface area contributed by atoms with Crippen LogP contribution < -0.4 is 5.32 Å². The van der Waals surface area contributed by atoms with Crippen LogP contribution in [0.2, 0.25) is 0 Å². The number of carbonyl (C=O) groups is 1. The van der Waals surface area contributed by atoms with Crippen molar-refractivity contribution in [3.8, 4) is 0 Å². The number of aliphatic hydroxyl groups excluding tert-OH is 11. The summed E-state index contributed by atoms with van der Waals surface area (Å²) in [7, 11) is 0. The summed E-state index contributed by atoms with van der Waals surface area (Å²) in [6, 6.07) is -0.960. The molecule has 59 heavy (non-hydrogen) atoms. The van der Waals surface area contributed by atoms with Crippen LogP contribution in [0.4, 0.5) is 0 Å². The SMILES string of the molecule is CCCCCCCCCCCCC/C=C/C(O)C(COC1OC(CO)C(OC2OC(CO)C(OC3OC(CO)C(O)C(O)C3O)C(O)C2O)C(O)C1O)NC(=O)CCC. The molecular formula is C40H73NO18. The van der Waals surface area contributed by atoms with Gasteiger partial charge in [-0.2, -0.15) is 0 Å². The summed E-state index contributed by atoms with van der Waals surface area (Å²) in [6.45, 7) is 1.27. The molecule has 3 heterocycles. The highest BCUT2D eigenvalue weighted by atomic mass is 16.8. The number of amides is 1. The van der Waals surface area contributed by atoms with Crippen molar-refractivity contribution in [3.63, 3.8) is 0 Å². The van der Waals surface area contributed by atoms with E-state index in [0.29, 0.717) is 6.42 Å². The van der Waals surface area contributed by atoms with E-state index in [9.17, 15) is 61.0 Å². The van der Waals surface area contributed by atoms with Crippen molar-refractivity contribution in [1.82, 2.24) is 5.32 Å². The van der Waals surface area contributed by atoms with E-state index < -0.39 is 124 Å². The van der Waals surface area contributed by atoms with Crippen molar-refractivity contribution >= 4 is 5.91 Å². The highest BCUT2D eigenvalue weighted by Gasteiger charge is 2.53. The molecule has 17 unspecified atom stereocenters. The fourth-order valence-corrected chi connectivity index (χ4v) is 7.41. The Kier molecular flexibility index (Phi) is 24.2. The lowest BCUT2D eigenvalue weighted by molar-refractivity contribution is -0.379. The molecule has 19 heteroatoms. The van der Waals surface area contributed by atoms with Crippen LogP contribution in [-0.2, 0) is 33.2 Å². The van der Waals surface area contributed by atoms with Crippen molar-refractivity contribution in [2.75, 3.05) is 26.4 Å². The zero-order valence-corrected chi connectivity index (χ0v) is 34.5. The van der Waals surface area contributed by atoms with Crippen molar-refractivity contribution in [1.29, 1.82) is 0 Å². The van der Waals surface area contributed by atoms with Gasteiger partial charge in [0, 0.05) is 6.42 Å². The van der Waals surface area contributed by atoms with E-state index in [0.717, 1.165) is 25.7 Å². The lowest BCUT2D eigenvalue weighted by Gasteiger charge is -2.48. The van der Waals surface area contributed by atoms with Crippen LogP contribution in [-0.4, -0.2) is 193 Å². The summed E-state index contributed by atoms with van der Waals surface area (Å²) in [5.74, 6) is -0.332. The average Bonchev–Trinajstić information content (AvgIpc) is 3.22. The number of hydrogen-bond acceptors (Lipinski definition) is 18. The van der Waals surface area contributed by atoms with Gasteiger partial charge in [0.25, 0.3) is 0 Å². The molecule has 17 atom stereocenters. The van der Waals surface area contributed by atoms with Gasteiger partial charge in [-0.25, -0.2) is 0 Å². The maximum atomic E-state index is 12.5. The molecule has 3 aliphatic rings. The molecule has 0 aliphatic carbocycles. The molecule has 346 valence electrons. The molecule has 0 aromatic heterocycles. The van der Waals surface area contributed by atoms with Gasteiger partial charge in [0.1, 0.15) is 73.2 Å². The van der Waals surface area contributed by atoms with Gasteiger partial charge in [0.2, 0.25) is 5.91 Å². The first-order valence-corrected chi connectivity index (χ1v) is 21.4. The zero-order valence-electron chi connectivity index (χ0n) is 34.5. The fraction of sp³-hybridized carbons (Fsp3) is 0.925. The highest BCUT2D eigenvalue weighted by molar-refractivity contribution is 5.76. The van der Waals surface area contributed by atoms with E-state index in [2.05, 4.69) is 12.2 Å². The van der Waals surface area contributed by atoms with Gasteiger partial charge in [-0.15, -0.1) is 0 Å². The maximum Gasteiger partial charge on any atom is 0.220 e. The second-order valence-electron chi connectivity index (χ2n) is 15.8. The molecule has 0 bridgehead atoms.